The van der Waals surface area contributed by atoms with Crippen LogP contribution in [0.25, 0.3) is 5.57 Å². The molecule has 0 aliphatic carbocycles. The Balaban J connectivity index is 1.81. The molecular weight excluding hydrogens is 446 g/mol. The van der Waals surface area contributed by atoms with Crippen LogP contribution >= 0.6 is 15.9 Å². The highest BCUT2D eigenvalue weighted by Crippen LogP contribution is 2.42. The minimum Gasteiger partial charge on any atom is -0.497 e. The third kappa shape index (κ3) is 3.77. The van der Waals surface area contributed by atoms with Crippen LogP contribution in [0.4, 0.5) is 5.69 Å². The van der Waals surface area contributed by atoms with E-state index in [0.717, 1.165) is 17.0 Å². The van der Waals surface area contributed by atoms with E-state index in [1.54, 1.807) is 12.0 Å². The summed E-state index contributed by atoms with van der Waals surface area (Å²) < 4.78 is 17.2. The van der Waals surface area contributed by atoms with Crippen molar-refractivity contribution in [3.8, 4) is 16.5 Å². The first kappa shape index (κ1) is 20.7. The summed E-state index contributed by atoms with van der Waals surface area (Å²) in [7, 11) is 1.62. The largest absolute Gasteiger partial charge is 0.497 e. The topological polar surface area (TPSA) is 48.0 Å². The summed E-state index contributed by atoms with van der Waals surface area (Å²) in [5.74, 6) is 3.02. The van der Waals surface area contributed by atoms with Gasteiger partial charge in [-0.2, -0.15) is 0 Å². The van der Waals surface area contributed by atoms with Crippen molar-refractivity contribution in [2.45, 2.75) is 31.8 Å². The highest BCUT2D eigenvalue weighted by molar-refractivity contribution is 9.12. The Morgan fingerprint density at radius 2 is 1.87 bits per heavy atom. The Morgan fingerprint density at radius 1 is 1.17 bits per heavy atom. The van der Waals surface area contributed by atoms with Crippen molar-refractivity contribution in [3.05, 3.63) is 65.7 Å². The standard InChI is InChI=1S/C24H22BrNO4/c1-24(2)29-15-20(30-24)22-21(19(13-14-25)16-7-5-4-6-8-16)23(27)26(22)17-9-11-18(28-3)12-10-17/h4-12,20,22H,15H2,1-3H3/b21-19+/t20?,22-/m0/s1. The third-order valence-corrected chi connectivity index (χ3v) is 5.46. The minimum atomic E-state index is -0.700. The molecule has 2 saturated heterocycles. The smallest absolute Gasteiger partial charge is 0.258 e. The van der Waals surface area contributed by atoms with Crippen molar-refractivity contribution in [3.63, 3.8) is 0 Å². The van der Waals surface area contributed by atoms with Gasteiger partial charge >= 0.3 is 0 Å². The first-order chi connectivity index (χ1) is 14.4. The van der Waals surface area contributed by atoms with Gasteiger partial charge in [-0.1, -0.05) is 36.3 Å². The molecule has 2 aliphatic rings. The molecule has 0 saturated carbocycles. The van der Waals surface area contributed by atoms with Gasteiger partial charge in [-0.15, -0.1) is 0 Å². The number of carbonyl (C=O) groups is 1. The normalized spacial score (nSPS) is 24.0. The van der Waals surface area contributed by atoms with Crippen LogP contribution in [-0.4, -0.2) is 37.6 Å². The average Bonchev–Trinajstić information content (AvgIpc) is 3.11. The summed E-state index contributed by atoms with van der Waals surface area (Å²) in [5, 5.41) is 0. The van der Waals surface area contributed by atoms with Crippen LogP contribution in [0.3, 0.4) is 0 Å². The highest BCUT2D eigenvalue weighted by atomic mass is 79.9. The second-order valence-electron chi connectivity index (χ2n) is 7.56. The predicted octanol–water partition coefficient (Wildman–Crippen LogP) is 4.37. The second-order valence-corrected chi connectivity index (χ2v) is 7.96. The summed E-state index contributed by atoms with van der Waals surface area (Å²) in [6.07, 6.45) is -0.300. The first-order valence-corrected chi connectivity index (χ1v) is 10.4. The Kier molecular flexibility index (Phi) is 5.70. The third-order valence-electron chi connectivity index (χ3n) is 5.26. The number of hydrogen-bond acceptors (Lipinski definition) is 4. The van der Waals surface area contributed by atoms with E-state index in [1.807, 2.05) is 68.4 Å². The number of rotatable bonds is 4. The molecule has 4 rings (SSSR count). The van der Waals surface area contributed by atoms with Crippen molar-refractivity contribution >= 4 is 33.1 Å². The van der Waals surface area contributed by atoms with Gasteiger partial charge in [0.05, 0.1) is 25.3 Å². The van der Waals surface area contributed by atoms with Gasteiger partial charge in [0, 0.05) is 27.2 Å². The Labute approximate surface area is 184 Å². The molecule has 154 valence electrons. The lowest BCUT2D eigenvalue weighted by molar-refractivity contribution is -0.143. The summed E-state index contributed by atoms with van der Waals surface area (Å²) in [4.78, 5) is 17.9. The van der Waals surface area contributed by atoms with Gasteiger partial charge in [0.2, 0.25) is 0 Å². The molecule has 0 N–H and O–H groups in total. The number of ether oxygens (including phenoxy) is 3. The molecule has 0 aromatic heterocycles. The number of hydrogen-bond donors (Lipinski definition) is 0. The maximum Gasteiger partial charge on any atom is 0.258 e. The van der Waals surface area contributed by atoms with E-state index in [2.05, 4.69) is 26.7 Å². The zero-order valence-electron chi connectivity index (χ0n) is 17.0. The number of anilines is 1. The van der Waals surface area contributed by atoms with Gasteiger partial charge in [-0.05, 0) is 48.5 Å². The van der Waals surface area contributed by atoms with Crippen LogP contribution in [0.15, 0.2) is 60.2 Å². The van der Waals surface area contributed by atoms with Crippen LogP contribution in [-0.2, 0) is 14.3 Å². The first-order valence-electron chi connectivity index (χ1n) is 9.66. The molecule has 2 aromatic carbocycles. The molecule has 5 nitrogen and oxygen atoms in total. The quantitative estimate of drug-likeness (QED) is 0.380. The van der Waals surface area contributed by atoms with Crippen molar-refractivity contribution in [1.82, 2.24) is 0 Å². The van der Waals surface area contributed by atoms with Crippen molar-refractivity contribution in [2.24, 2.45) is 0 Å². The lowest BCUT2D eigenvalue weighted by Crippen LogP contribution is -2.62. The van der Waals surface area contributed by atoms with Crippen molar-refractivity contribution in [1.29, 1.82) is 0 Å². The zero-order chi connectivity index (χ0) is 21.3. The summed E-state index contributed by atoms with van der Waals surface area (Å²) >= 11 is 3.20. The summed E-state index contributed by atoms with van der Waals surface area (Å²) in [6, 6.07) is 16.8. The minimum absolute atomic E-state index is 0.0902. The molecule has 2 fully saturated rings. The van der Waals surface area contributed by atoms with E-state index in [1.165, 1.54) is 0 Å². The number of methoxy groups -OCH3 is 1. The van der Waals surface area contributed by atoms with Crippen molar-refractivity contribution in [2.75, 3.05) is 18.6 Å². The van der Waals surface area contributed by atoms with E-state index in [4.69, 9.17) is 14.2 Å². The van der Waals surface area contributed by atoms with Gasteiger partial charge in [-0.3, -0.25) is 9.69 Å². The molecule has 1 unspecified atom stereocenters. The fourth-order valence-electron chi connectivity index (χ4n) is 3.89. The van der Waals surface area contributed by atoms with Crippen LogP contribution in [0, 0.1) is 10.8 Å². The van der Waals surface area contributed by atoms with Gasteiger partial charge in [0.25, 0.3) is 5.91 Å². The fourth-order valence-corrected chi connectivity index (χ4v) is 4.09. The second kappa shape index (κ2) is 8.27. The number of amides is 1. The van der Waals surface area contributed by atoms with E-state index >= 15 is 0 Å². The van der Waals surface area contributed by atoms with Gasteiger partial charge in [-0.25, -0.2) is 0 Å². The molecule has 2 aliphatic heterocycles. The molecule has 0 radical (unpaired) electrons. The Bertz CT molecular complexity index is 1030. The van der Waals surface area contributed by atoms with Crippen LogP contribution in [0.5, 0.6) is 5.75 Å². The molecular formula is C24H22BrNO4. The summed E-state index contributed by atoms with van der Waals surface area (Å²) in [6.45, 7) is 4.15. The molecule has 2 aromatic rings. The monoisotopic (exact) mass is 467 g/mol. The van der Waals surface area contributed by atoms with Gasteiger partial charge in [0.15, 0.2) is 5.79 Å². The Hall–Kier alpha value is -2.59. The fraction of sp³-hybridized carbons (Fsp3) is 0.292. The number of carbonyl (C=O) groups excluding carboxylic acids is 1. The number of halogens is 1. The average molecular weight is 468 g/mol. The zero-order valence-corrected chi connectivity index (χ0v) is 18.6. The number of β-lactam (4-membered cyclic amide) rings is 1. The van der Waals surface area contributed by atoms with E-state index in [0.29, 0.717) is 17.8 Å². The highest BCUT2D eigenvalue weighted by Gasteiger charge is 2.53. The molecule has 0 bridgehead atoms. The van der Waals surface area contributed by atoms with E-state index < -0.39 is 5.79 Å². The van der Waals surface area contributed by atoms with Crippen LogP contribution < -0.4 is 9.64 Å². The van der Waals surface area contributed by atoms with Crippen LogP contribution in [0.2, 0.25) is 0 Å². The number of allylic oxidation sites excluding steroid dienone is 1. The van der Waals surface area contributed by atoms with Gasteiger partial charge in [0.1, 0.15) is 11.9 Å². The van der Waals surface area contributed by atoms with Gasteiger partial charge < -0.3 is 14.2 Å². The molecule has 30 heavy (non-hydrogen) atoms. The van der Waals surface area contributed by atoms with E-state index in [9.17, 15) is 4.79 Å². The lowest BCUT2D eigenvalue weighted by atomic mass is 9.83. The summed E-state index contributed by atoms with van der Waals surface area (Å²) in [5.41, 5.74) is 3.00. The van der Waals surface area contributed by atoms with Crippen LogP contribution in [0.1, 0.15) is 19.4 Å². The maximum absolute atomic E-state index is 13.4. The predicted molar refractivity (Wildman–Crippen MR) is 119 cm³/mol. The number of benzene rings is 2. The lowest BCUT2D eigenvalue weighted by Gasteiger charge is -2.45. The Morgan fingerprint density at radius 3 is 2.43 bits per heavy atom. The molecule has 1 amide bonds. The SMILES string of the molecule is COc1ccc(N2C(=O)/C(=C(\C#CBr)c3ccccc3)[C@@H]2C2COC(C)(C)O2)cc1. The maximum atomic E-state index is 13.4. The molecule has 2 atom stereocenters. The molecule has 6 heteroatoms. The molecule has 2 heterocycles. The van der Waals surface area contributed by atoms with Crippen molar-refractivity contribution < 1.29 is 19.0 Å². The molecule has 0 spiro atoms. The van der Waals surface area contributed by atoms with E-state index in [-0.39, 0.29) is 18.1 Å². The number of nitrogens with zero attached hydrogens (tertiary/aromatic N) is 1.